The molecular formula is C6H11N5O. The van der Waals surface area contributed by atoms with E-state index in [-0.39, 0.29) is 5.91 Å². The highest BCUT2D eigenvalue weighted by molar-refractivity contribution is 5.80. The third kappa shape index (κ3) is 2.31. The Balaban J connectivity index is 2.32. The number of hydrogen-bond donors (Lipinski definition) is 3. The lowest BCUT2D eigenvalue weighted by Crippen LogP contribution is -2.38. The third-order valence-electron chi connectivity index (χ3n) is 1.31. The van der Waals surface area contributed by atoms with Crippen molar-refractivity contribution in [3.63, 3.8) is 0 Å². The molecule has 0 radical (unpaired) electrons. The molecule has 0 bridgehead atoms. The monoisotopic (exact) mass is 169 g/mol. The van der Waals surface area contributed by atoms with Gasteiger partial charge in [0.25, 0.3) is 0 Å². The molecule has 0 aromatic carbocycles. The first-order valence-electron chi connectivity index (χ1n) is 3.57. The molecule has 0 saturated carbocycles. The lowest BCUT2D eigenvalue weighted by Gasteiger charge is -2.04. The fraction of sp³-hybridized carbons (Fsp3) is 0.500. The minimum Gasteiger partial charge on any atom is -0.347 e. The molecule has 0 aliphatic rings. The summed E-state index contributed by atoms with van der Waals surface area (Å²) in [7, 11) is 0. The Morgan fingerprint density at radius 3 is 3.17 bits per heavy atom. The highest BCUT2D eigenvalue weighted by Crippen LogP contribution is 1.84. The average molecular weight is 169 g/mol. The quantitative estimate of drug-likeness (QED) is 0.527. The maximum atomic E-state index is 10.9. The molecule has 0 spiro atoms. The van der Waals surface area contributed by atoms with Gasteiger partial charge in [-0.1, -0.05) is 0 Å². The van der Waals surface area contributed by atoms with Gasteiger partial charge in [0.1, 0.15) is 12.2 Å². The molecule has 1 aromatic heterocycles. The van der Waals surface area contributed by atoms with E-state index in [9.17, 15) is 4.79 Å². The van der Waals surface area contributed by atoms with Gasteiger partial charge < -0.3 is 11.1 Å². The van der Waals surface area contributed by atoms with Crippen LogP contribution in [0.2, 0.25) is 0 Å². The molecule has 0 unspecified atom stereocenters. The number of nitrogens with two attached hydrogens (primary N) is 1. The van der Waals surface area contributed by atoms with Gasteiger partial charge in [0.2, 0.25) is 5.91 Å². The number of carbonyl (C=O) groups is 1. The number of H-pyrrole nitrogens is 1. The van der Waals surface area contributed by atoms with E-state index >= 15 is 0 Å². The second-order valence-corrected chi connectivity index (χ2v) is 2.44. The first-order valence-corrected chi connectivity index (χ1v) is 3.57. The highest BCUT2D eigenvalue weighted by Gasteiger charge is 2.06. The number of nitrogens with zero attached hydrogens (tertiary/aromatic N) is 2. The number of amides is 1. The summed E-state index contributed by atoms with van der Waals surface area (Å²) in [6.45, 7) is 1.95. The summed E-state index contributed by atoms with van der Waals surface area (Å²) >= 11 is 0. The van der Waals surface area contributed by atoms with Crippen LogP contribution in [0.3, 0.4) is 0 Å². The molecule has 0 fully saturated rings. The standard InChI is InChI=1S/C6H11N5O/c1-4(7)6(12)8-2-5-9-3-10-11-5/h3-4H,2,7H2,1H3,(H,8,12)(H,9,10,11)/t4-/m1/s1. The number of rotatable bonds is 3. The van der Waals surface area contributed by atoms with Gasteiger partial charge in [-0.05, 0) is 6.92 Å². The van der Waals surface area contributed by atoms with E-state index in [4.69, 9.17) is 5.73 Å². The Kier molecular flexibility index (Phi) is 2.76. The van der Waals surface area contributed by atoms with Crippen molar-refractivity contribution in [3.05, 3.63) is 12.2 Å². The summed E-state index contributed by atoms with van der Waals surface area (Å²) in [5.74, 6) is 0.412. The van der Waals surface area contributed by atoms with Crippen LogP contribution in [0.5, 0.6) is 0 Å². The minimum absolute atomic E-state index is 0.202. The van der Waals surface area contributed by atoms with Crippen LogP contribution in [-0.2, 0) is 11.3 Å². The molecular weight excluding hydrogens is 158 g/mol. The molecule has 1 rings (SSSR count). The van der Waals surface area contributed by atoms with Crippen molar-refractivity contribution in [1.29, 1.82) is 0 Å². The second kappa shape index (κ2) is 3.82. The average Bonchev–Trinajstić information content (AvgIpc) is 2.51. The summed E-state index contributed by atoms with van der Waals surface area (Å²) in [4.78, 5) is 14.8. The van der Waals surface area contributed by atoms with Crippen molar-refractivity contribution in [1.82, 2.24) is 20.5 Å². The number of hydrogen-bond acceptors (Lipinski definition) is 4. The van der Waals surface area contributed by atoms with E-state index < -0.39 is 6.04 Å². The summed E-state index contributed by atoms with van der Waals surface area (Å²) < 4.78 is 0. The Hall–Kier alpha value is -1.43. The maximum Gasteiger partial charge on any atom is 0.237 e. The van der Waals surface area contributed by atoms with E-state index in [0.717, 1.165) is 0 Å². The van der Waals surface area contributed by atoms with Gasteiger partial charge in [-0.25, -0.2) is 4.98 Å². The van der Waals surface area contributed by atoms with Crippen molar-refractivity contribution in [3.8, 4) is 0 Å². The molecule has 1 aromatic rings. The predicted octanol–water partition coefficient (Wildman–Crippen LogP) is -1.23. The largest absolute Gasteiger partial charge is 0.347 e. The maximum absolute atomic E-state index is 10.9. The SMILES string of the molecule is C[C@@H](N)C(=O)NCc1ncn[nH]1. The molecule has 12 heavy (non-hydrogen) atoms. The van der Waals surface area contributed by atoms with Gasteiger partial charge in [0.05, 0.1) is 12.6 Å². The first kappa shape index (κ1) is 8.66. The van der Waals surface area contributed by atoms with E-state index in [1.54, 1.807) is 6.92 Å². The van der Waals surface area contributed by atoms with Crippen molar-refractivity contribution in [2.24, 2.45) is 5.73 Å². The van der Waals surface area contributed by atoms with Crippen LogP contribution in [0.25, 0.3) is 0 Å². The van der Waals surface area contributed by atoms with Crippen LogP contribution >= 0.6 is 0 Å². The van der Waals surface area contributed by atoms with Gasteiger partial charge in [0, 0.05) is 0 Å². The fourth-order valence-electron chi connectivity index (χ4n) is 0.648. The third-order valence-corrected chi connectivity index (χ3v) is 1.31. The summed E-state index contributed by atoms with van der Waals surface area (Å²) in [6.07, 6.45) is 1.38. The van der Waals surface area contributed by atoms with Crippen LogP contribution < -0.4 is 11.1 Å². The first-order chi connectivity index (χ1) is 5.70. The lowest BCUT2D eigenvalue weighted by atomic mass is 10.3. The van der Waals surface area contributed by atoms with Crippen LogP contribution in [0.15, 0.2) is 6.33 Å². The Bertz CT molecular complexity index is 242. The van der Waals surface area contributed by atoms with E-state index in [2.05, 4.69) is 20.5 Å². The van der Waals surface area contributed by atoms with Gasteiger partial charge in [-0.15, -0.1) is 0 Å². The second-order valence-electron chi connectivity index (χ2n) is 2.44. The summed E-state index contributed by atoms with van der Waals surface area (Å²) in [5, 5.41) is 8.83. The summed E-state index contributed by atoms with van der Waals surface area (Å²) in [6, 6.07) is -0.493. The van der Waals surface area contributed by atoms with Gasteiger partial charge in [0.15, 0.2) is 0 Å². The number of nitrogens with one attached hydrogen (secondary N) is 2. The molecule has 6 heteroatoms. The number of aromatic nitrogens is 3. The molecule has 0 aliphatic heterocycles. The number of aromatic amines is 1. The zero-order valence-corrected chi connectivity index (χ0v) is 6.74. The zero-order valence-electron chi connectivity index (χ0n) is 6.74. The molecule has 0 saturated heterocycles. The molecule has 1 heterocycles. The Labute approximate surface area is 69.6 Å². The van der Waals surface area contributed by atoms with Crippen LogP contribution in [0.4, 0.5) is 0 Å². The highest BCUT2D eigenvalue weighted by atomic mass is 16.2. The zero-order chi connectivity index (χ0) is 8.97. The molecule has 1 atom stereocenters. The predicted molar refractivity (Wildman–Crippen MR) is 41.9 cm³/mol. The number of carbonyl (C=O) groups excluding carboxylic acids is 1. The van der Waals surface area contributed by atoms with E-state index in [0.29, 0.717) is 12.4 Å². The minimum atomic E-state index is -0.493. The summed E-state index contributed by atoms with van der Waals surface area (Å²) in [5.41, 5.74) is 5.32. The van der Waals surface area contributed by atoms with Crippen molar-refractivity contribution < 1.29 is 4.79 Å². The lowest BCUT2D eigenvalue weighted by molar-refractivity contribution is -0.122. The topological polar surface area (TPSA) is 96.7 Å². The molecule has 0 aliphatic carbocycles. The fourth-order valence-corrected chi connectivity index (χ4v) is 0.648. The molecule has 4 N–H and O–H groups in total. The van der Waals surface area contributed by atoms with Gasteiger partial charge >= 0.3 is 0 Å². The smallest absolute Gasteiger partial charge is 0.237 e. The van der Waals surface area contributed by atoms with Crippen molar-refractivity contribution >= 4 is 5.91 Å². The van der Waals surface area contributed by atoms with Crippen LogP contribution in [0, 0.1) is 0 Å². The van der Waals surface area contributed by atoms with E-state index in [1.807, 2.05) is 0 Å². The molecule has 6 nitrogen and oxygen atoms in total. The Morgan fingerprint density at radius 1 is 1.92 bits per heavy atom. The molecule has 1 amide bonds. The molecule has 66 valence electrons. The van der Waals surface area contributed by atoms with Crippen LogP contribution in [0.1, 0.15) is 12.7 Å². The van der Waals surface area contributed by atoms with Crippen LogP contribution in [-0.4, -0.2) is 27.1 Å². The van der Waals surface area contributed by atoms with Gasteiger partial charge in [-0.3, -0.25) is 9.89 Å². The Morgan fingerprint density at radius 2 is 2.67 bits per heavy atom. The van der Waals surface area contributed by atoms with Crippen molar-refractivity contribution in [2.45, 2.75) is 19.5 Å². The van der Waals surface area contributed by atoms with Crippen molar-refractivity contribution in [2.75, 3.05) is 0 Å². The van der Waals surface area contributed by atoms with E-state index in [1.165, 1.54) is 6.33 Å². The normalized spacial score (nSPS) is 12.5. The van der Waals surface area contributed by atoms with Gasteiger partial charge in [-0.2, -0.15) is 5.10 Å².